The predicted molar refractivity (Wildman–Crippen MR) is 127 cm³/mol. The van der Waals surface area contributed by atoms with Crippen LogP contribution in [0.3, 0.4) is 0 Å². The summed E-state index contributed by atoms with van der Waals surface area (Å²) in [5.74, 6) is 1.48. The Morgan fingerprint density at radius 1 is 1.16 bits per heavy atom. The van der Waals surface area contributed by atoms with Gasteiger partial charge in [0.25, 0.3) is 5.91 Å². The number of ether oxygens (including phenoxy) is 1. The van der Waals surface area contributed by atoms with E-state index in [0.717, 1.165) is 35.6 Å². The topological polar surface area (TPSA) is 37.7 Å². The Hall–Kier alpha value is -2.11. The van der Waals surface area contributed by atoms with Crippen LogP contribution in [-0.4, -0.2) is 65.7 Å². The number of piperidine rings is 3. The summed E-state index contributed by atoms with van der Waals surface area (Å²) in [6.07, 6.45) is 10.2. The molecule has 2 unspecified atom stereocenters. The van der Waals surface area contributed by atoms with Gasteiger partial charge in [0.05, 0.1) is 12.6 Å². The fourth-order valence-electron chi connectivity index (χ4n) is 7.16. The van der Waals surface area contributed by atoms with Crippen molar-refractivity contribution in [2.45, 2.75) is 57.2 Å². The highest BCUT2D eigenvalue weighted by atomic mass is 16.5. The first-order valence-electron chi connectivity index (χ1n) is 12.6. The van der Waals surface area contributed by atoms with E-state index in [1.165, 1.54) is 45.2 Å². The molecule has 0 radical (unpaired) electrons. The van der Waals surface area contributed by atoms with Gasteiger partial charge in [-0.1, -0.05) is 36.3 Å². The molecule has 5 nitrogen and oxygen atoms in total. The van der Waals surface area contributed by atoms with Crippen LogP contribution in [0.5, 0.6) is 0 Å². The maximum Gasteiger partial charge on any atom is 0.271 e. The minimum absolute atomic E-state index is 0.201. The minimum Gasteiger partial charge on any atom is -0.383 e. The van der Waals surface area contributed by atoms with Crippen molar-refractivity contribution in [3.05, 3.63) is 47.7 Å². The number of fused-ring (bicyclic) bond motifs is 7. The van der Waals surface area contributed by atoms with Gasteiger partial charge in [0.2, 0.25) is 0 Å². The second-order valence-electron chi connectivity index (χ2n) is 10.2. The number of rotatable bonds is 4. The van der Waals surface area contributed by atoms with E-state index in [9.17, 15) is 4.79 Å². The van der Waals surface area contributed by atoms with E-state index in [1.54, 1.807) is 12.7 Å². The molecule has 170 valence electrons. The van der Waals surface area contributed by atoms with Gasteiger partial charge in [0.15, 0.2) is 0 Å². The smallest absolute Gasteiger partial charge is 0.271 e. The van der Waals surface area contributed by atoms with Crippen molar-refractivity contribution in [1.29, 1.82) is 0 Å². The molecule has 2 bridgehead atoms. The van der Waals surface area contributed by atoms with E-state index < -0.39 is 0 Å². The third kappa shape index (κ3) is 3.32. The second kappa shape index (κ2) is 8.35. The Balaban J connectivity index is 1.35. The first kappa shape index (κ1) is 20.5. The zero-order valence-electron chi connectivity index (χ0n) is 19.2. The van der Waals surface area contributed by atoms with Crippen LogP contribution < -0.4 is 0 Å². The van der Waals surface area contributed by atoms with E-state index in [2.05, 4.69) is 50.8 Å². The number of carbonyl (C=O) groups excluding carboxylic acids is 1. The third-order valence-corrected chi connectivity index (χ3v) is 8.47. The summed E-state index contributed by atoms with van der Waals surface area (Å²) < 4.78 is 7.55. The van der Waals surface area contributed by atoms with E-state index in [0.29, 0.717) is 25.0 Å². The molecule has 0 spiro atoms. The van der Waals surface area contributed by atoms with Crippen molar-refractivity contribution in [3.63, 3.8) is 0 Å². The zero-order chi connectivity index (χ0) is 21.7. The molecular weight excluding hydrogens is 398 g/mol. The zero-order valence-corrected chi connectivity index (χ0v) is 19.2. The third-order valence-electron chi connectivity index (χ3n) is 8.47. The number of carbonyl (C=O) groups is 1. The number of methoxy groups -OCH3 is 1. The number of aromatic nitrogens is 1. The molecule has 5 heteroatoms. The van der Waals surface area contributed by atoms with Crippen LogP contribution in [0.25, 0.3) is 10.9 Å². The van der Waals surface area contributed by atoms with Gasteiger partial charge in [-0.15, -0.1) is 0 Å². The largest absolute Gasteiger partial charge is 0.383 e. The van der Waals surface area contributed by atoms with Crippen molar-refractivity contribution < 1.29 is 9.53 Å². The molecule has 1 aromatic carbocycles. The van der Waals surface area contributed by atoms with Gasteiger partial charge in [-0.3, -0.25) is 9.69 Å². The normalized spacial score (nSPS) is 30.0. The van der Waals surface area contributed by atoms with E-state index in [4.69, 9.17) is 4.74 Å². The maximum absolute atomic E-state index is 14.1. The molecule has 0 N–H and O–H groups in total. The Bertz CT molecular complexity index is 1040. The number of hydrogen-bond acceptors (Lipinski definition) is 3. The molecule has 1 amide bonds. The molecule has 1 aliphatic carbocycles. The number of para-hydroxylation sites is 1. The van der Waals surface area contributed by atoms with Crippen molar-refractivity contribution in [2.24, 2.45) is 11.8 Å². The van der Waals surface area contributed by atoms with Crippen LogP contribution in [0.15, 0.2) is 42.0 Å². The molecule has 32 heavy (non-hydrogen) atoms. The SMILES string of the molecule is COCCn1c(C(=O)N2CCCC3=C[C@H]4C[C@@H](CN5CCCCC45)C32)cc2ccccc21. The highest BCUT2D eigenvalue weighted by molar-refractivity contribution is 5.99. The lowest BCUT2D eigenvalue weighted by molar-refractivity contribution is 0.00116. The van der Waals surface area contributed by atoms with Gasteiger partial charge in [-0.25, -0.2) is 0 Å². The second-order valence-corrected chi connectivity index (χ2v) is 10.2. The molecule has 3 aliphatic heterocycles. The summed E-state index contributed by atoms with van der Waals surface area (Å²) in [5, 5.41) is 1.14. The lowest BCUT2D eigenvalue weighted by Crippen LogP contribution is -2.60. The van der Waals surface area contributed by atoms with Crippen LogP contribution >= 0.6 is 0 Å². The number of hydrogen-bond donors (Lipinski definition) is 0. The lowest BCUT2D eigenvalue weighted by Gasteiger charge is -2.54. The van der Waals surface area contributed by atoms with Crippen molar-refractivity contribution in [2.75, 3.05) is 33.4 Å². The molecule has 3 saturated heterocycles. The first-order valence-corrected chi connectivity index (χ1v) is 12.6. The molecule has 4 heterocycles. The van der Waals surface area contributed by atoms with Gasteiger partial charge >= 0.3 is 0 Å². The van der Waals surface area contributed by atoms with Crippen LogP contribution in [0.4, 0.5) is 0 Å². The molecule has 4 aliphatic rings. The Morgan fingerprint density at radius 2 is 2.06 bits per heavy atom. The summed E-state index contributed by atoms with van der Waals surface area (Å²) in [6, 6.07) is 11.5. The van der Waals surface area contributed by atoms with E-state index in [-0.39, 0.29) is 11.9 Å². The molecule has 6 rings (SSSR count). The molecule has 4 atom stereocenters. The van der Waals surface area contributed by atoms with Gasteiger partial charge < -0.3 is 14.2 Å². The molecular formula is C27H35N3O2. The minimum atomic E-state index is 0.201. The maximum atomic E-state index is 14.1. The quantitative estimate of drug-likeness (QED) is 0.674. The summed E-state index contributed by atoms with van der Waals surface area (Å²) in [5.41, 5.74) is 3.49. The number of benzene rings is 1. The lowest BCUT2D eigenvalue weighted by atomic mass is 9.68. The van der Waals surface area contributed by atoms with Crippen molar-refractivity contribution in [1.82, 2.24) is 14.4 Å². The van der Waals surface area contributed by atoms with Gasteiger partial charge in [-0.05, 0) is 62.6 Å². The van der Waals surface area contributed by atoms with Crippen LogP contribution in [-0.2, 0) is 11.3 Å². The monoisotopic (exact) mass is 433 g/mol. The predicted octanol–water partition coefficient (Wildman–Crippen LogP) is 4.32. The highest BCUT2D eigenvalue weighted by Gasteiger charge is 2.47. The van der Waals surface area contributed by atoms with Crippen LogP contribution in [0.2, 0.25) is 0 Å². The number of nitrogens with zero attached hydrogens (tertiary/aromatic N) is 3. The standard InChI is InChI=1S/C27H35N3O2/c1-32-14-13-29-24-10-3-2-7-19(24)17-25(29)27(31)30-12-6-8-20-15-21-16-22(26(20)30)18-28-11-5-4-9-23(21)28/h2-3,7,10,15,17,21-23,26H,4-6,8-9,11-14,16,18H2,1H3/t21-,22-,23?,26?/m0/s1. The summed E-state index contributed by atoms with van der Waals surface area (Å²) in [4.78, 5) is 19.1. The summed E-state index contributed by atoms with van der Waals surface area (Å²) in [6.45, 7) is 4.59. The van der Waals surface area contributed by atoms with Crippen molar-refractivity contribution >= 4 is 16.8 Å². The fourth-order valence-corrected chi connectivity index (χ4v) is 7.16. The number of amides is 1. The van der Waals surface area contributed by atoms with E-state index >= 15 is 0 Å². The summed E-state index contributed by atoms with van der Waals surface area (Å²) in [7, 11) is 1.73. The van der Waals surface area contributed by atoms with Gasteiger partial charge in [-0.2, -0.15) is 0 Å². The average molecular weight is 434 g/mol. The molecule has 2 aromatic rings. The van der Waals surface area contributed by atoms with E-state index in [1.807, 2.05) is 0 Å². The Labute approximate surface area is 191 Å². The molecule has 3 fully saturated rings. The highest BCUT2D eigenvalue weighted by Crippen LogP contribution is 2.45. The average Bonchev–Trinajstić information content (AvgIpc) is 3.20. The molecule has 0 saturated carbocycles. The number of likely N-dealkylation sites (tertiary alicyclic amines) is 1. The van der Waals surface area contributed by atoms with Gasteiger partial charge in [0.1, 0.15) is 5.69 Å². The summed E-state index contributed by atoms with van der Waals surface area (Å²) >= 11 is 0. The van der Waals surface area contributed by atoms with Crippen LogP contribution in [0, 0.1) is 11.8 Å². The van der Waals surface area contributed by atoms with Gasteiger partial charge in [0, 0.05) is 43.7 Å². The Morgan fingerprint density at radius 3 is 2.97 bits per heavy atom. The fraction of sp³-hybridized carbons (Fsp3) is 0.593. The first-order chi connectivity index (χ1) is 15.7. The Kier molecular flexibility index (Phi) is 5.34. The van der Waals surface area contributed by atoms with Crippen LogP contribution in [0.1, 0.15) is 49.0 Å². The molecule has 1 aromatic heterocycles. The van der Waals surface area contributed by atoms with Crippen molar-refractivity contribution in [3.8, 4) is 0 Å².